The van der Waals surface area contributed by atoms with Gasteiger partial charge in [0.25, 0.3) is 0 Å². The lowest BCUT2D eigenvalue weighted by Crippen LogP contribution is -2.26. The van der Waals surface area contributed by atoms with Gasteiger partial charge in [0, 0.05) is 28.7 Å². The Labute approximate surface area is 173 Å². The summed E-state index contributed by atoms with van der Waals surface area (Å²) in [6, 6.07) is 11.9. The molecule has 152 valence electrons. The Morgan fingerprint density at radius 1 is 1.07 bits per heavy atom. The molecule has 0 atom stereocenters. The fourth-order valence-electron chi connectivity index (χ4n) is 3.59. The number of carbonyl (C=O) groups is 1. The Balaban J connectivity index is 1.64. The fraction of sp³-hybridized carbons (Fsp3) is 0.217. The lowest BCUT2D eigenvalue weighted by molar-refractivity contribution is -0.120. The van der Waals surface area contributed by atoms with Gasteiger partial charge < -0.3 is 5.32 Å². The first-order valence-corrected chi connectivity index (χ1v) is 9.72. The fourth-order valence-corrected chi connectivity index (χ4v) is 3.59. The number of hydrogen-bond donors (Lipinski definition) is 1. The van der Waals surface area contributed by atoms with Crippen LogP contribution in [0.5, 0.6) is 0 Å². The first-order chi connectivity index (χ1) is 14.4. The molecule has 4 rings (SSSR count). The topological polar surface area (TPSA) is 72.2 Å². The molecule has 30 heavy (non-hydrogen) atoms. The van der Waals surface area contributed by atoms with Crippen LogP contribution in [0.4, 0.5) is 4.39 Å². The molecule has 0 radical (unpaired) electrons. The van der Waals surface area contributed by atoms with E-state index >= 15 is 0 Å². The van der Waals surface area contributed by atoms with E-state index in [1.54, 1.807) is 22.8 Å². The van der Waals surface area contributed by atoms with E-state index in [-0.39, 0.29) is 18.1 Å². The molecule has 4 aromatic rings. The van der Waals surface area contributed by atoms with Gasteiger partial charge in [-0.25, -0.2) is 13.9 Å². The Kier molecular flexibility index (Phi) is 5.27. The summed E-state index contributed by atoms with van der Waals surface area (Å²) in [5.41, 5.74) is 6.51. The number of pyridine rings is 1. The molecule has 6 nitrogen and oxygen atoms in total. The van der Waals surface area contributed by atoms with Crippen molar-refractivity contribution in [1.82, 2.24) is 24.9 Å². The summed E-state index contributed by atoms with van der Waals surface area (Å²) in [4.78, 5) is 21.5. The lowest BCUT2D eigenvalue weighted by Gasteiger charge is -2.12. The van der Waals surface area contributed by atoms with Gasteiger partial charge in [-0.2, -0.15) is 5.10 Å². The molecule has 1 amide bonds. The number of hydrogen-bond acceptors (Lipinski definition) is 4. The van der Waals surface area contributed by atoms with Crippen LogP contribution >= 0.6 is 0 Å². The molecule has 3 aromatic heterocycles. The highest BCUT2D eigenvalue weighted by Gasteiger charge is 2.19. The average molecular weight is 403 g/mol. The van der Waals surface area contributed by atoms with Crippen LogP contribution < -0.4 is 5.32 Å². The molecule has 1 N–H and O–H groups in total. The molecule has 0 aliphatic carbocycles. The van der Waals surface area contributed by atoms with Crippen molar-refractivity contribution in [1.29, 1.82) is 0 Å². The highest BCUT2D eigenvalue weighted by atomic mass is 19.1. The molecule has 0 saturated carbocycles. The summed E-state index contributed by atoms with van der Waals surface area (Å²) in [6.07, 6.45) is 1.91. The van der Waals surface area contributed by atoms with Crippen molar-refractivity contribution in [3.63, 3.8) is 0 Å². The summed E-state index contributed by atoms with van der Waals surface area (Å²) in [6.45, 7) is 6.11. The monoisotopic (exact) mass is 403 g/mol. The van der Waals surface area contributed by atoms with Crippen LogP contribution in [0.15, 0.2) is 48.7 Å². The van der Waals surface area contributed by atoms with Crippen molar-refractivity contribution >= 4 is 11.6 Å². The second-order valence-electron chi connectivity index (χ2n) is 7.24. The number of rotatable bonds is 5. The zero-order valence-electron chi connectivity index (χ0n) is 17.1. The SMILES string of the molecule is Cc1nc2c(-c3ccc(F)cc3)c(C)nn2c(C)c1CC(=O)NCc1ccccn1. The third kappa shape index (κ3) is 3.78. The highest BCUT2D eigenvalue weighted by molar-refractivity contribution is 5.82. The maximum atomic E-state index is 13.3. The van der Waals surface area contributed by atoms with Gasteiger partial charge in [0.15, 0.2) is 5.65 Å². The summed E-state index contributed by atoms with van der Waals surface area (Å²) < 4.78 is 15.1. The number of fused-ring (bicyclic) bond motifs is 1. The van der Waals surface area contributed by atoms with Crippen LogP contribution in [0, 0.1) is 26.6 Å². The van der Waals surface area contributed by atoms with E-state index in [0.29, 0.717) is 12.2 Å². The van der Waals surface area contributed by atoms with Gasteiger partial charge in [-0.3, -0.25) is 9.78 Å². The second-order valence-corrected chi connectivity index (χ2v) is 7.24. The van der Waals surface area contributed by atoms with Crippen molar-refractivity contribution < 1.29 is 9.18 Å². The van der Waals surface area contributed by atoms with Gasteiger partial charge in [-0.1, -0.05) is 18.2 Å². The Morgan fingerprint density at radius 3 is 2.53 bits per heavy atom. The molecule has 7 heteroatoms. The largest absolute Gasteiger partial charge is 0.350 e. The normalized spacial score (nSPS) is 11.1. The van der Waals surface area contributed by atoms with E-state index < -0.39 is 0 Å². The van der Waals surface area contributed by atoms with Crippen molar-refractivity contribution in [3.8, 4) is 11.1 Å². The number of aromatic nitrogens is 4. The summed E-state index contributed by atoms with van der Waals surface area (Å²) in [5, 5.41) is 7.54. The van der Waals surface area contributed by atoms with Crippen LogP contribution in [0.2, 0.25) is 0 Å². The Morgan fingerprint density at radius 2 is 1.83 bits per heavy atom. The smallest absolute Gasteiger partial charge is 0.224 e. The number of amides is 1. The van der Waals surface area contributed by atoms with Crippen molar-refractivity contribution in [2.24, 2.45) is 0 Å². The van der Waals surface area contributed by atoms with E-state index in [9.17, 15) is 9.18 Å². The Hall–Kier alpha value is -3.61. The molecule has 0 saturated heterocycles. The van der Waals surface area contributed by atoms with Gasteiger partial charge in [-0.05, 0) is 50.6 Å². The molecule has 0 unspecified atom stereocenters. The molecule has 0 spiro atoms. The third-order valence-electron chi connectivity index (χ3n) is 5.16. The molecule has 0 aliphatic heterocycles. The standard InChI is InChI=1S/C23H22FN5O/c1-14-20(12-21(30)26-13-19-6-4-5-11-25-19)16(3)29-23(27-14)22(15(2)28-29)17-7-9-18(24)10-8-17/h4-11H,12-13H2,1-3H3,(H,26,30). The highest BCUT2D eigenvalue weighted by Crippen LogP contribution is 2.29. The van der Waals surface area contributed by atoms with Gasteiger partial charge >= 0.3 is 0 Å². The van der Waals surface area contributed by atoms with Gasteiger partial charge in [0.2, 0.25) is 5.91 Å². The molecular weight excluding hydrogens is 381 g/mol. The number of halogens is 1. The van der Waals surface area contributed by atoms with Crippen LogP contribution in [-0.2, 0) is 17.8 Å². The number of benzene rings is 1. The quantitative estimate of drug-likeness (QED) is 0.551. The van der Waals surface area contributed by atoms with Gasteiger partial charge in [0.05, 0.1) is 24.4 Å². The van der Waals surface area contributed by atoms with Crippen LogP contribution in [0.25, 0.3) is 16.8 Å². The van der Waals surface area contributed by atoms with Crippen LogP contribution in [0.3, 0.4) is 0 Å². The molecule has 0 fully saturated rings. The Bertz CT molecular complexity index is 1220. The summed E-state index contributed by atoms with van der Waals surface area (Å²) >= 11 is 0. The second kappa shape index (κ2) is 8.02. The zero-order valence-corrected chi connectivity index (χ0v) is 17.1. The van der Waals surface area contributed by atoms with Crippen molar-refractivity contribution in [2.75, 3.05) is 0 Å². The minimum absolute atomic E-state index is 0.101. The molecular formula is C23H22FN5O. The van der Waals surface area contributed by atoms with Crippen LogP contribution in [0.1, 0.15) is 28.3 Å². The molecule has 1 aromatic carbocycles. The summed E-state index contributed by atoms with van der Waals surface area (Å²) in [7, 11) is 0. The van der Waals surface area contributed by atoms with E-state index in [0.717, 1.165) is 39.5 Å². The average Bonchev–Trinajstić information content (AvgIpc) is 3.07. The minimum Gasteiger partial charge on any atom is -0.350 e. The van der Waals surface area contributed by atoms with E-state index in [1.165, 1.54) is 12.1 Å². The van der Waals surface area contributed by atoms with Crippen molar-refractivity contribution in [3.05, 3.63) is 82.8 Å². The van der Waals surface area contributed by atoms with Crippen molar-refractivity contribution in [2.45, 2.75) is 33.7 Å². The van der Waals surface area contributed by atoms with Gasteiger partial charge in [0.1, 0.15) is 5.82 Å². The van der Waals surface area contributed by atoms with E-state index in [1.807, 2.05) is 39.0 Å². The minimum atomic E-state index is -0.285. The number of aryl methyl sites for hydroxylation is 3. The molecule has 3 heterocycles. The predicted octanol–water partition coefficient (Wildman–Crippen LogP) is 3.71. The maximum absolute atomic E-state index is 13.3. The number of carbonyl (C=O) groups excluding carboxylic acids is 1. The predicted molar refractivity (Wildman–Crippen MR) is 112 cm³/mol. The van der Waals surface area contributed by atoms with Gasteiger partial charge in [-0.15, -0.1) is 0 Å². The number of nitrogens with one attached hydrogen (secondary N) is 1. The lowest BCUT2D eigenvalue weighted by atomic mass is 10.0. The zero-order chi connectivity index (χ0) is 21.3. The van der Waals surface area contributed by atoms with E-state index in [4.69, 9.17) is 4.98 Å². The van der Waals surface area contributed by atoms with Crippen LogP contribution in [-0.4, -0.2) is 25.5 Å². The third-order valence-corrected chi connectivity index (χ3v) is 5.16. The maximum Gasteiger partial charge on any atom is 0.224 e. The van der Waals surface area contributed by atoms with E-state index in [2.05, 4.69) is 15.4 Å². The summed E-state index contributed by atoms with van der Waals surface area (Å²) in [5.74, 6) is -0.386. The molecule has 0 bridgehead atoms. The first-order valence-electron chi connectivity index (χ1n) is 9.72. The molecule has 0 aliphatic rings. The first kappa shape index (κ1) is 19.7. The number of nitrogens with zero attached hydrogens (tertiary/aromatic N) is 4.